The number of rotatable bonds is 8. The molecule has 1 heterocycles. The summed E-state index contributed by atoms with van der Waals surface area (Å²) in [5, 5.41) is 2.99. The average Bonchev–Trinajstić information content (AvgIpc) is 2.55. The van der Waals surface area contributed by atoms with Crippen molar-refractivity contribution in [3.05, 3.63) is 29.3 Å². The van der Waals surface area contributed by atoms with E-state index in [0.29, 0.717) is 25.6 Å². The van der Waals surface area contributed by atoms with Gasteiger partial charge in [0.05, 0.1) is 13.0 Å². The second-order valence-electron chi connectivity index (χ2n) is 6.80. The van der Waals surface area contributed by atoms with Gasteiger partial charge in [-0.25, -0.2) is 0 Å². The smallest absolute Gasteiger partial charge is 0.226 e. The summed E-state index contributed by atoms with van der Waals surface area (Å²) in [6.45, 7) is 10.8. The number of amides is 1. The lowest BCUT2D eigenvalue weighted by atomic mass is 10.1. The molecule has 0 bridgehead atoms. The molecule has 0 saturated carbocycles. The third-order valence-corrected chi connectivity index (χ3v) is 4.94. The Morgan fingerprint density at radius 3 is 2.75 bits per heavy atom. The normalized spacial score (nSPS) is 15.7. The van der Waals surface area contributed by atoms with E-state index in [9.17, 15) is 4.79 Å². The molecule has 1 aromatic carbocycles. The second kappa shape index (κ2) is 10.1. The highest BCUT2D eigenvalue weighted by Gasteiger charge is 2.12. The first-order valence-corrected chi connectivity index (χ1v) is 9.97. The summed E-state index contributed by atoms with van der Waals surface area (Å²) in [6.07, 6.45) is 0.402. The molecule has 0 spiro atoms. The van der Waals surface area contributed by atoms with Crippen LogP contribution in [0.2, 0.25) is 0 Å². The molecule has 0 aromatic heterocycles. The molecule has 1 amide bonds. The Morgan fingerprint density at radius 2 is 2.08 bits per heavy atom. The zero-order chi connectivity index (χ0) is 17.4. The van der Waals surface area contributed by atoms with Crippen LogP contribution < -0.4 is 5.32 Å². The van der Waals surface area contributed by atoms with Gasteiger partial charge >= 0.3 is 0 Å². The number of hydrogen-bond donors (Lipinski definition) is 1. The third kappa shape index (κ3) is 6.83. The van der Waals surface area contributed by atoms with Gasteiger partial charge in [-0.05, 0) is 30.0 Å². The van der Waals surface area contributed by atoms with Gasteiger partial charge in [0.25, 0.3) is 0 Å². The Hall–Kier alpha value is -1.04. The summed E-state index contributed by atoms with van der Waals surface area (Å²) in [4.78, 5) is 14.5. The van der Waals surface area contributed by atoms with Gasteiger partial charge in [-0.1, -0.05) is 26.0 Å². The molecule has 134 valence electrons. The maximum absolute atomic E-state index is 12.0. The average molecular weight is 351 g/mol. The van der Waals surface area contributed by atoms with Crippen molar-refractivity contribution in [1.82, 2.24) is 4.90 Å². The van der Waals surface area contributed by atoms with Crippen molar-refractivity contribution in [3.8, 4) is 0 Å². The molecular weight excluding hydrogens is 320 g/mol. The predicted octanol–water partition coefficient (Wildman–Crippen LogP) is 3.55. The number of benzene rings is 1. The molecule has 5 heteroatoms. The van der Waals surface area contributed by atoms with Crippen LogP contribution in [0.15, 0.2) is 18.2 Å². The predicted molar refractivity (Wildman–Crippen MR) is 103 cm³/mol. The first-order valence-electron chi connectivity index (χ1n) is 8.82. The van der Waals surface area contributed by atoms with Gasteiger partial charge in [-0.15, -0.1) is 0 Å². The number of carbonyl (C=O) groups is 1. The van der Waals surface area contributed by atoms with Crippen molar-refractivity contribution in [2.24, 2.45) is 5.92 Å². The Morgan fingerprint density at radius 1 is 1.33 bits per heavy atom. The van der Waals surface area contributed by atoms with Crippen LogP contribution in [-0.2, 0) is 16.1 Å². The van der Waals surface area contributed by atoms with Crippen LogP contribution in [-0.4, -0.2) is 48.6 Å². The van der Waals surface area contributed by atoms with Crippen molar-refractivity contribution < 1.29 is 9.53 Å². The van der Waals surface area contributed by atoms with Gasteiger partial charge in [-0.3, -0.25) is 9.69 Å². The lowest BCUT2D eigenvalue weighted by molar-refractivity contribution is -0.117. The fourth-order valence-corrected chi connectivity index (χ4v) is 3.66. The maximum atomic E-state index is 12.0. The molecule has 0 radical (unpaired) electrons. The number of aryl methyl sites for hydroxylation is 1. The summed E-state index contributed by atoms with van der Waals surface area (Å²) >= 11 is 2.03. The number of anilines is 1. The van der Waals surface area contributed by atoms with Gasteiger partial charge in [0.2, 0.25) is 5.91 Å². The minimum atomic E-state index is 0.0164. The standard InChI is InChI=1S/C19H30N2O2S/c1-15(2)14-23-9-6-19(22)20-18-5-4-17(12-16(18)3)13-21-7-10-24-11-8-21/h4-5,12,15H,6-11,13-14H2,1-3H3,(H,20,22). The van der Waals surface area contributed by atoms with E-state index in [0.717, 1.165) is 17.8 Å². The molecular formula is C19H30N2O2S. The molecule has 0 atom stereocenters. The highest BCUT2D eigenvalue weighted by Crippen LogP contribution is 2.19. The minimum Gasteiger partial charge on any atom is -0.381 e. The molecule has 1 aliphatic heterocycles. The lowest BCUT2D eigenvalue weighted by Gasteiger charge is -2.26. The lowest BCUT2D eigenvalue weighted by Crippen LogP contribution is -2.31. The molecule has 0 unspecified atom stereocenters. The van der Waals surface area contributed by atoms with Crippen LogP contribution in [0.3, 0.4) is 0 Å². The molecule has 24 heavy (non-hydrogen) atoms. The Kier molecular flexibility index (Phi) is 8.09. The van der Waals surface area contributed by atoms with Crippen LogP contribution in [0.25, 0.3) is 0 Å². The van der Waals surface area contributed by atoms with E-state index in [1.165, 1.54) is 30.2 Å². The van der Waals surface area contributed by atoms with Gasteiger partial charge in [0, 0.05) is 43.4 Å². The third-order valence-electron chi connectivity index (χ3n) is 4.00. The first-order chi connectivity index (χ1) is 11.5. The van der Waals surface area contributed by atoms with E-state index in [4.69, 9.17) is 4.74 Å². The summed E-state index contributed by atoms with van der Waals surface area (Å²) < 4.78 is 5.47. The van der Waals surface area contributed by atoms with E-state index in [1.807, 2.05) is 17.8 Å². The Labute approximate surface area is 150 Å². The van der Waals surface area contributed by atoms with E-state index < -0.39 is 0 Å². The molecule has 1 saturated heterocycles. The maximum Gasteiger partial charge on any atom is 0.226 e. The number of ether oxygens (including phenoxy) is 1. The second-order valence-corrected chi connectivity index (χ2v) is 8.03. The molecule has 1 aromatic rings. The summed E-state index contributed by atoms with van der Waals surface area (Å²) in [5.74, 6) is 2.97. The first kappa shape index (κ1) is 19.3. The van der Waals surface area contributed by atoms with E-state index in [-0.39, 0.29) is 5.91 Å². The van der Waals surface area contributed by atoms with Crippen LogP contribution in [0.1, 0.15) is 31.4 Å². The zero-order valence-corrected chi connectivity index (χ0v) is 16.0. The van der Waals surface area contributed by atoms with Gasteiger partial charge < -0.3 is 10.1 Å². The van der Waals surface area contributed by atoms with E-state index >= 15 is 0 Å². The SMILES string of the molecule is Cc1cc(CN2CCSCC2)ccc1NC(=O)CCOCC(C)C. The topological polar surface area (TPSA) is 41.6 Å². The van der Waals surface area contributed by atoms with E-state index in [1.54, 1.807) is 0 Å². The van der Waals surface area contributed by atoms with Crippen LogP contribution in [0.5, 0.6) is 0 Å². The Bertz CT molecular complexity index is 528. The largest absolute Gasteiger partial charge is 0.381 e. The van der Waals surface area contributed by atoms with Crippen molar-refractivity contribution >= 4 is 23.4 Å². The highest BCUT2D eigenvalue weighted by atomic mass is 32.2. The quantitative estimate of drug-likeness (QED) is 0.728. The van der Waals surface area contributed by atoms with Crippen LogP contribution >= 0.6 is 11.8 Å². The molecule has 1 fully saturated rings. The summed E-state index contributed by atoms with van der Waals surface area (Å²) in [7, 11) is 0. The van der Waals surface area contributed by atoms with Gasteiger partial charge in [0.1, 0.15) is 0 Å². The molecule has 2 rings (SSSR count). The van der Waals surface area contributed by atoms with Crippen molar-refractivity contribution in [3.63, 3.8) is 0 Å². The zero-order valence-electron chi connectivity index (χ0n) is 15.1. The molecule has 4 nitrogen and oxygen atoms in total. The number of nitrogens with one attached hydrogen (secondary N) is 1. The fourth-order valence-electron chi connectivity index (χ4n) is 2.68. The minimum absolute atomic E-state index is 0.0164. The number of hydrogen-bond acceptors (Lipinski definition) is 4. The van der Waals surface area contributed by atoms with Crippen molar-refractivity contribution in [2.75, 3.05) is 43.1 Å². The molecule has 0 aliphatic carbocycles. The van der Waals surface area contributed by atoms with E-state index in [2.05, 4.69) is 43.1 Å². The van der Waals surface area contributed by atoms with Gasteiger partial charge in [-0.2, -0.15) is 11.8 Å². The monoisotopic (exact) mass is 350 g/mol. The Balaban J connectivity index is 1.79. The fraction of sp³-hybridized carbons (Fsp3) is 0.632. The van der Waals surface area contributed by atoms with Crippen LogP contribution in [0, 0.1) is 12.8 Å². The summed E-state index contributed by atoms with van der Waals surface area (Å²) in [5.41, 5.74) is 3.34. The van der Waals surface area contributed by atoms with Crippen molar-refractivity contribution in [2.45, 2.75) is 33.7 Å². The van der Waals surface area contributed by atoms with Gasteiger partial charge in [0.15, 0.2) is 0 Å². The highest BCUT2D eigenvalue weighted by molar-refractivity contribution is 7.99. The molecule has 1 N–H and O–H groups in total. The number of nitrogens with zero attached hydrogens (tertiary/aromatic N) is 1. The van der Waals surface area contributed by atoms with Crippen molar-refractivity contribution in [1.29, 1.82) is 0 Å². The summed E-state index contributed by atoms with van der Waals surface area (Å²) in [6, 6.07) is 6.34. The number of carbonyl (C=O) groups excluding carboxylic acids is 1. The number of thioether (sulfide) groups is 1. The van der Waals surface area contributed by atoms with Crippen LogP contribution in [0.4, 0.5) is 5.69 Å². The molecule has 1 aliphatic rings.